The van der Waals surface area contributed by atoms with Crippen LogP contribution in [-0.2, 0) is 21.2 Å². The van der Waals surface area contributed by atoms with E-state index in [1.165, 1.54) is 17.7 Å². The lowest BCUT2D eigenvalue weighted by Crippen LogP contribution is -2.23. The number of nitrogens with one attached hydrogen (secondary N) is 1. The molecule has 1 N–H and O–H groups in total. The summed E-state index contributed by atoms with van der Waals surface area (Å²) in [5.41, 5.74) is 2.32. The number of carbonyl (C=O) groups is 1. The Kier molecular flexibility index (Phi) is 6.23. The molecule has 0 atom stereocenters. The molecule has 6 nitrogen and oxygen atoms in total. The lowest BCUT2D eigenvalue weighted by atomic mass is 10.2. The average molecular weight is 437 g/mol. The molecule has 1 saturated heterocycles. The molecule has 0 spiro atoms. The number of nitrogens with zero attached hydrogens (tertiary/aromatic N) is 1. The summed E-state index contributed by atoms with van der Waals surface area (Å²) in [6.07, 6.45) is 2.12. The summed E-state index contributed by atoms with van der Waals surface area (Å²) in [6, 6.07) is 23.3. The van der Waals surface area contributed by atoms with Gasteiger partial charge in [0.15, 0.2) is 0 Å². The Morgan fingerprint density at radius 1 is 0.935 bits per heavy atom. The number of anilines is 2. The van der Waals surface area contributed by atoms with Crippen LogP contribution in [0.2, 0.25) is 0 Å². The monoisotopic (exact) mass is 436 g/mol. The second-order valence-electron chi connectivity index (χ2n) is 7.36. The number of ether oxygens (including phenoxy) is 1. The molecular formula is C24H24N2O4S. The van der Waals surface area contributed by atoms with Gasteiger partial charge in [-0.15, -0.1) is 0 Å². The normalized spacial score (nSPS) is 13.9. The predicted octanol–water partition coefficient (Wildman–Crippen LogP) is 4.24. The largest absolute Gasteiger partial charge is 0.493 e. The van der Waals surface area contributed by atoms with Crippen molar-refractivity contribution in [1.82, 2.24) is 0 Å². The van der Waals surface area contributed by atoms with Crippen LogP contribution in [-0.4, -0.2) is 27.5 Å². The Labute approximate surface area is 182 Å². The highest BCUT2D eigenvalue weighted by Gasteiger charge is 2.22. The molecule has 0 unspecified atom stereocenters. The van der Waals surface area contributed by atoms with Gasteiger partial charge in [-0.05, 0) is 48.4 Å². The van der Waals surface area contributed by atoms with Gasteiger partial charge in [-0.1, -0.05) is 36.4 Å². The molecule has 0 aliphatic carbocycles. The van der Waals surface area contributed by atoms with E-state index >= 15 is 0 Å². The van der Waals surface area contributed by atoms with Gasteiger partial charge in [0.2, 0.25) is 5.91 Å². The zero-order valence-electron chi connectivity index (χ0n) is 17.0. The quantitative estimate of drug-likeness (QED) is 0.573. The first-order valence-corrected chi connectivity index (χ1v) is 11.7. The molecule has 1 aliphatic heterocycles. The van der Waals surface area contributed by atoms with E-state index in [9.17, 15) is 13.2 Å². The maximum absolute atomic E-state index is 12.8. The third-order valence-electron chi connectivity index (χ3n) is 5.12. The van der Waals surface area contributed by atoms with E-state index in [2.05, 4.69) is 4.72 Å². The van der Waals surface area contributed by atoms with E-state index in [0.29, 0.717) is 31.0 Å². The van der Waals surface area contributed by atoms with Crippen LogP contribution in [0.5, 0.6) is 5.75 Å². The second kappa shape index (κ2) is 9.22. The number of hydrogen-bond acceptors (Lipinski definition) is 4. The molecule has 0 aromatic heterocycles. The summed E-state index contributed by atoms with van der Waals surface area (Å²) in [5, 5.41) is 0. The minimum atomic E-state index is -3.76. The van der Waals surface area contributed by atoms with Crippen molar-refractivity contribution in [2.24, 2.45) is 0 Å². The van der Waals surface area contributed by atoms with Gasteiger partial charge in [-0.3, -0.25) is 9.52 Å². The van der Waals surface area contributed by atoms with E-state index < -0.39 is 10.0 Å². The Morgan fingerprint density at radius 2 is 1.71 bits per heavy atom. The summed E-state index contributed by atoms with van der Waals surface area (Å²) in [6.45, 7) is 1.16. The molecule has 1 heterocycles. The molecule has 3 aromatic carbocycles. The molecule has 1 amide bonds. The zero-order valence-corrected chi connectivity index (χ0v) is 17.8. The van der Waals surface area contributed by atoms with Crippen molar-refractivity contribution in [1.29, 1.82) is 0 Å². The summed E-state index contributed by atoms with van der Waals surface area (Å²) < 4.78 is 33.9. The van der Waals surface area contributed by atoms with Crippen LogP contribution in [0.15, 0.2) is 83.8 Å². The van der Waals surface area contributed by atoms with Crippen molar-refractivity contribution in [3.63, 3.8) is 0 Å². The van der Waals surface area contributed by atoms with Gasteiger partial charge in [0, 0.05) is 31.1 Å². The van der Waals surface area contributed by atoms with Gasteiger partial charge >= 0.3 is 0 Å². The first-order chi connectivity index (χ1) is 15.0. The molecule has 160 valence electrons. The van der Waals surface area contributed by atoms with Crippen molar-refractivity contribution in [2.75, 3.05) is 22.8 Å². The minimum absolute atomic E-state index is 0.0674. The first-order valence-electron chi connectivity index (χ1n) is 10.2. The van der Waals surface area contributed by atoms with Gasteiger partial charge in [0.05, 0.1) is 17.2 Å². The summed E-state index contributed by atoms with van der Waals surface area (Å²) in [5.74, 6) is 0.664. The Hall–Kier alpha value is -3.32. The van der Waals surface area contributed by atoms with Crippen LogP contribution in [0.1, 0.15) is 18.4 Å². The standard InChI is InChI=1S/C24H24N2O4S/c27-24-10-5-16-26(24)21-11-13-23(14-12-21)31(28,29)25-20-8-4-9-22(18-20)30-17-15-19-6-2-1-3-7-19/h1-4,6-9,11-14,18,25H,5,10,15-17H2. The van der Waals surface area contributed by atoms with Gasteiger partial charge in [0.1, 0.15) is 5.75 Å². The van der Waals surface area contributed by atoms with Crippen LogP contribution < -0.4 is 14.4 Å². The van der Waals surface area contributed by atoms with Crippen LogP contribution in [0.25, 0.3) is 0 Å². The van der Waals surface area contributed by atoms with Gasteiger partial charge in [0.25, 0.3) is 10.0 Å². The van der Waals surface area contributed by atoms with Crippen molar-refractivity contribution in [3.05, 3.63) is 84.4 Å². The Bertz CT molecular complexity index is 1150. The minimum Gasteiger partial charge on any atom is -0.493 e. The third-order valence-corrected chi connectivity index (χ3v) is 6.52. The highest BCUT2D eigenvalue weighted by Crippen LogP contribution is 2.25. The molecule has 0 radical (unpaired) electrons. The number of carbonyl (C=O) groups excluding carboxylic acids is 1. The van der Waals surface area contributed by atoms with Crippen molar-refractivity contribution in [2.45, 2.75) is 24.2 Å². The molecular weight excluding hydrogens is 412 g/mol. The van der Waals surface area contributed by atoms with Gasteiger partial charge in [-0.25, -0.2) is 8.42 Å². The Balaban J connectivity index is 1.39. The maximum Gasteiger partial charge on any atom is 0.261 e. The average Bonchev–Trinajstić information content (AvgIpc) is 3.20. The van der Waals surface area contributed by atoms with Gasteiger partial charge in [-0.2, -0.15) is 0 Å². The highest BCUT2D eigenvalue weighted by atomic mass is 32.2. The van der Waals surface area contributed by atoms with E-state index in [4.69, 9.17) is 4.74 Å². The van der Waals surface area contributed by atoms with Crippen molar-refractivity contribution >= 4 is 27.3 Å². The Morgan fingerprint density at radius 3 is 2.42 bits per heavy atom. The molecule has 4 rings (SSSR count). The fourth-order valence-corrected chi connectivity index (χ4v) is 4.57. The summed E-state index contributed by atoms with van der Waals surface area (Å²) in [7, 11) is -3.76. The number of amides is 1. The van der Waals surface area contributed by atoms with Crippen LogP contribution >= 0.6 is 0 Å². The first kappa shape index (κ1) is 20.9. The maximum atomic E-state index is 12.8. The highest BCUT2D eigenvalue weighted by molar-refractivity contribution is 7.92. The number of hydrogen-bond donors (Lipinski definition) is 1. The van der Waals surface area contributed by atoms with E-state index in [0.717, 1.165) is 18.5 Å². The van der Waals surface area contributed by atoms with Gasteiger partial charge < -0.3 is 9.64 Å². The molecule has 0 saturated carbocycles. The van der Waals surface area contributed by atoms with Crippen molar-refractivity contribution in [3.8, 4) is 5.75 Å². The smallest absolute Gasteiger partial charge is 0.261 e. The van der Waals surface area contributed by atoms with Crippen molar-refractivity contribution < 1.29 is 17.9 Å². The molecule has 0 bridgehead atoms. The lowest BCUT2D eigenvalue weighted by Gasteiger charge is -2.16. The fourth-order valence-electron chi connectivity index (χ4n) is 3.52. The zero-order chi connectivity index (χ0) is 21.7. The fraction of sp³-hybridized carbons (Fsp3) is 0.208. The van der Waals surface area contributed by atoms with Crippen LogP contribution in [0.3, 0.4) is 0 Å². The molecule has 1 fully saturated rings. The number of sulfonamides is 1. The van der Waals surface area contributed by atoms with E-state index in [1.54, 1.807) is 41.3 Å². The number of benzene rings is 3. The van der Waals surface area contributed by atoms with E-state index in [-0.39, 0.29) is 10.8 Å². The third kappa shape index (κ3) is 5.24. The lowest BCUT2D eigenvalue weighted by molar-refractivity contribution is -0.117. The SMILES string of the molecule is O=C1CCCN1c1ccc(S(=O)(=O)Nc2cccc(OCCc3ccccc3)c2)cc1. The molecule has 31 heavy (non-hydrogen) atoms. The van der Waals surface area contributed by atoms with Crippen LogP contribution in [0.4, 0.5) is 11.4 Å². The molecule has 3 aromatic rings. The van der Waals surface area contributed by atoms with E-state index in [1.807, 2.05) is 30.3 Å². The summed E-state index contributed by atoms with van der Waals surface area (Å²) >= 11 is 0. The molecule has 7 heteroatoms. The summed E-state index contributed by atoms with van der Waals surface area (Å²) in [4.78, 5) is 13.7. The van der Waals surface area contributed by atoms with Crippen LogP contribution in [0, 0.1) is 0 Å². The predicted molar refractivity (Wildman–Crippen MR) is 121 cm³/mol. The molecule has 1 aliphatic rings. The topological polar surface area (TPSA) is 75.7 Å². The number of rotatable bonds is 8. The second-order valence-corrected chi connectivity index (χ2v) is 9.04.